The van der Waals surface area contributed by atoms with Crippen molar-refractivity contribution in [3.05, 3.63) is 89.4 Å². The van der Waals surface area contributed by atoms with Crippen LogP contribution in [0.5, 0.6) is 5.88 Å². The molecule has 1 aliphatic heterocycles. The number of likely N-dealkylation sites (N-methyl/N-ethyl adjacent to an activating group) is 1. The third kappa shape index (κ3) is 6.28. The van der Waals surface area contributed by atoms with E-state index in [0.29, 0.717) is 5.56 Å². The zero-order valence-electron chi connectivity index (χ0n) is 21.9. The number of nitrogens with zero attached hydrogens (tertiary/aromatic N) is 3. The lowest BCUT2D eigenvalue weighted by molar-refractivity contribution is 0.0373. The first-order valence-electron chi connectivity index (χ1n) is 12.5. The molecule has 0 radical (unpaired) electrons. The van der Waals surface area contributed by atoms with Gasteiger partial charge in [-0.1, -0.05) is 49.1 Å². The Morgan fingerprint density at radius 3 is 2.56 bits per heavy atom. The summed E-state index contributed by atoms with van der Waals surface area (Å²) in [5.41, 5.74) is 0.708. The zero-order chi connectivity index (χ0) is 28.2. The zero-order valence-corrected chi connectivity index (χ0v) is 22.7. The summed E-state index contributed by atoms with van der Waals surface area (Å²) < 4.78 is 47.7. The molecular formula is C29H30FN3O5S. The Labute approximate surface area is 228 Å². The first-order chi connectivity index (χ1) is 18.6. The molecule has 2 aromatic carbocycles. The average Bonchev–Trinajstić information content (AvgIpc) is 2.94. The summed E-state index contributed by atoms with van der Waals surface area (Å²) in [7, 11) is -2.31. The number of hydrogen-bond acceptors (Lipinski definition) is 6. The molecular weight excluding hydrogens is 521 g/mol. The SMILES string of the molecule is C[C@H](CO)N1C[C@H](C)[C@H](CN(C)S(=O)(=O)c2ccccc2)Oc2ncc(C#Cc3ccccc3F)cc2C1=O. The van der Waals surface area contributed by atoms with E-state index in [1.807, 2.05) is 6.92 Å². The highest BCUT2D eigenvalue weighted by Gasteiger charge is 2.35. The van der Waals surface area contributed by atoms with Crippen LogP contribution in [0.1, 0.15) is 35.3 Å². The van der Waals surface area contributed by atoms with Crippen molar-refractivity contribution in [3.63, 3.8) is 0 Å². The second-order valence-corrected chi connectivity index (χ2v) is 11.6. The summed E-state index contributed by atoms with van der Waals surface area (Å²) in [5.74, 6) is 4.47. The number of halogens is 1. The number of aromatic nitrogens is 1. The number of aliphatic hydroxyl groups excluding tert-OH is 1. The summed E-state index contributed by atoms with van der Waals surface area (Å²) in [5, 5.41) is 9.85. The normalized spacial score (nSPS) is 18.3. The molecule has 39 heavy (non-hydrogen) atoms. The van der Waals surface area contributed by atoms with Gasteiger partial charge >= 0.3 is 0 Å². The van der Waals surface area contributed by atoms with Gasteiger partial charge in [0, 0.05) is 31.3 Å². The first kappa shape index (κ1) is 28.2. The van der Waals surface area contributed by atoms with Crippen molar-refractivity contribution in [1.82, 2.24) is 14.2 Å². The third-order valence-electron chi connectivity index (χ3n) is 6.62. The van der Waals surface area contributed by atoms with Gasteiger partial charge in [0.15, 0.2) is 0 Å². The fourth-order valence-electron chi connectivity index (χ4n) is 4.21. The third-order valence-corrected chi connectivity index (χ3v) is 8.46. The largest absolute Gasteiger partial charge is 0.472 e. The van der Waals surface area contributed by atoms with Crippen LogP contribution in [0.15, 0.2) is 71.8 Å². The molecule has 8 nitrogen and oxygen atoms in total. The van der Waals surface area contributed by atoms with Gasteiger partial charge in [0.05, 0.1) is 29.7 Å². The molecule has 0 bridgehead atoms. The van der Waals surface area contributed by atoms with Crippen LogP contribution in [0.2, 0.25) is 0 Å². The molecule has 204 valence electrons. The van der Waals surface area contributed by atoms with E-state index in [2.05, 4.69) is 16.8 Å². The quantitative estimate of drug-likeness (QED) is 0.473. The molecule has 1 aromatic heterocycles. The van der Waals surface area contributed by atoms with E-state index in [9.17, 15) is 22.7 Å². The highest BCUT2D eigenvalue weighted by atomic mass is 32.2. The van der Waals surface area contributed by atoms with Gasteiger partial charge in [0.25, 0.3) is 5.91 Å². The number of fused-ring (bicyclic) bond motifs is 1. The van der Waals surface area contributed by atoms with Gasteiger partial charge in [-0.2, -0.15) is 4.31 Å². The maximum absolute atomic E-state index is 14.0. The van der Waals surface area contributed by atoms with Crippen LogP contribution in [0, 0.1) is 23.6 Å². The van der Waals surface area contributed by atoms with Gasteiger partial charge < -0.3 is 14.7 Å². The van der Waals surface area contributed by atoms with E-state index in [-0.39, 0.29) is 47.5 Å². The Bertz CT molecular complexity index is 1500. The topological polar surface area (TPSA) is 100 Å². The van der Waals surface area contributed by atoms with Crippen molar-refractivity contribution in [2.24, 2.45) is 5.92 Å². The van der Waals surface area contributed by atoms with Crippen LogP contribution in [0.4, 0.5) is 4.39 Å². The van der Waals surface area contributed by atoms with Crippen molar-refractivity contribution < 1.29 is 27.4 Å². The number of carbonyl (C=O) groups excluding carboxylic acids is 1. The van der Waals surface area contributed by atoms with E-state index in [0.717, 1.165) is 0 Å². The summed E-state index contributed by atoms with van der Waals surface area (Å²) in [6.45, 7) is 3.54. The van der Waals surface area contributed by atoms with Crippen molar-refractivity contribution in [2.45, 2.75) is 30.9 Å². The Kier molecular flexibility index (Phi) is 8.65. The van der Waals surface area contributed by atoms with Gasteiger partial charge in [0.1, 0.15) is 17.5 Å². The standard InChI is InChI=1S/C29H30FN3O5S/c1-20-17-33(21(2)19-34)29(35)25-15-22(13-14-23-9-7-8-12-26(23)30)16-31-28(25)38-27(20)18-32(3)39(36,37)24-10-5-4-6-11-24/h4-12,15-16,20-21,27,34H,17-19H2,1-3H3/t20-,21+,27-/m0/s1. The minimum absolute atomic E-state index is 0.00386. The lowest BCUT2D eigenvalue weighted by Crippen LogP contribution is -2.50. The molecule has 10 heteroatoms. The minimum Gasteiger partial charge on any atom is -0.472 e. The van der Waals surface area contributed by atoms with Crippen molar-refractivity contribution in [3.8, 4) is 17.7 Å². The van der Waals surface area contributed by atoms with Gasteiger partial charge in [0.2, 0.25) is 15.9 Å². The molecule has 0 saturated carbocycles. The Morgan fingerprint density at radius 1 is 1.18 bits per heavy atom. The molecule has 4 rings (SSSR count). The summed E-state index contributed by atoms with van der Waals surface area (Å²) in [6, 6.07) is 15.2. The van der Waals surface area contributed by atoms with Crippen LogP contribution in [0.25, 0.3) is 0 Å². The van der Waals surface area contributed by atoms with Gasteiger partial charge in [-0.3, -0.25) is 4.79 Å². The highest BCUT2D eigenvalue weighted by Crippen LogP contribution is 2.28. The monoisotopic (exact) mass is 551 g/mol. The number of benzene rings is 2. The van der Waals surface area contributed by atoms with E-state index >= 15 is 0 Å². The van der Waals surface area contributed by atoms with Crippen LogP contribution in [-0.4, -0.2) is 72.5 Å². The van der Waals surface area contributed by atoms with Crippen LogP contribution in [0.3, 0.4) is 0 Å². The molecule has 0 fully saturated rings. The molecule has 0 saturated heterocycles. The van der Waals surface area contributed by atoms with E-state index in [4.69, 9.17) is 4.74 Å². The number of sulfonamides is 1. The Hall–Kier alpha value is -3.78. The second-order valence-electron chi connectivity index (χ2n) is 9.53. The Morgan fingerprint density at radius 2 is 1.87 bits per heavy atom. The first-order valence-corrected chi connectivity index (χ1v) is 13.9. The lowest BCUT2D eigenvalue weighted by Gasteiger charge is -2.37. The molecule has 1 aliphatic rings. The van der Waals surface area contributed by atoms with E-state index in [1.54, 1.807) is 43.3 Å². The van der Waals surface area contributed by atoms with Crippen LogP contribution < -0.4 is 4.74 Å². The lowest BCUT2D eigenvalue weighted by atomic mass is 10.0. The van der Waals surface area contributed by atoms with E-state index in [1.165, 1.54) is 46.7 Å². The van der Waals surface area contributed by atoms with Crippen molar-refractivity contribution >= 4 is 15.9 Å². The number of carbonyl (C=O) groups is 1. The van der Waals surface area contributed by atoms with Crippen LogP contribution >= 0.6 is 0 Å². The summed E-state index contributed by atoms with van der Waals surface area (Å²) in [4.78, 5) is 19.6. The molecule has 1 amide bonds. The molecule has 2 heterocycles. The molecule has 0 aliphatic carbocycles. The predicted molar refractivity (Wildman–Crippen MR) is 144 cm³/mol. The number of ether oxygens (including phenoxy) is 1. The summed E-state index contributed by atoms with van der Waals surface area (Å²) >= 11 is 0. The number of aliphatic hydroxyl groups is 1. The van der Waals surface area contributed by atoms with Gasteiger partial charge in [-0.25, -0.2) is 17.8 Å². The Balaban J connectivity index is 1.69. The maximum atomic E-state index is 14.0. The number of amides is 1. The number of pyridine rings is 1. The summed E-state index contributed by atoms with van der Waals surface area (Å²) in [6.07, 6.45) is 0.768. The number of hydrogen-bond donors (Lipinski definition) is 1. The maximum Gasteiger partial charge on any atom is 0.259 e. The average molecular weight is 552 g/mol. The molecule has 0 unspecified atom stereocenters. The molecule has 1 N–H and O–H groups in total. The molecule has 3 atom stereocenters. The molecule has 0 spiro atoms. The second kappa shape index (κ2) is 11.9. The van der Waals surface area contributed by atoms with Crippen molar-refractivity contribution in [2.75, 3.05) is 26.7 Å². The number of rotatable bonds is 6. The highest BCUT2D eigenvalue weighted by molar-refractivity contribution is 7.89. The smallest absolute Gasteiger partial charge is 0.259 e. The van der Waals surface area contributed by atoms with E-state index < -0.39 is 33.9 Å². The minimum atomic E-state index is -3.79. The fraction of sp³-hybridized carbons (Fsp3) is 0.310. The van der Waals surface area contributed by atoms with Crippen molar-refractivity contribution in [1.29, 1.82) is 0 Å². The van der Waals surface area contributed by atoms with Gasteiger partial charge in [-0.15, -0.1) is 0 Å². The molecule has 3 aromatic rings. The van der Waals surface area contributed by atoms with Gasteiger partial charge in [-0.05, 0) is 37.3 Å². The fourth-order valence-corrected chi connectivity index (χ4v) is 5.42. The predicted octanol–water partition coefficient (Wildman–Crippen LogP) is 3.16. The van der Waals surface area contributed by atoms with Crippen LogP contribution in [-0.2, 0) is 10.0 Å².